The molecule has 5 aromatic rings. The van der Waals surface area contributed by atoms with Crippen LogP contribution in [0.2, 0.25) is 0 Å². The maximum Gasteiger partial charge on any atom is 0.274 e. The number of nitrogens with one attached hydrogen (secondary N) is 1. The Morgan fingerprint density at radius 2 is 1.91 bits per heavy atom. The number of benzene rings is 3. The zero-order chi connectivity index (χ0) is 23.7. The second kappa shape index (κ2) is 8.95. The van der Waals surface area contributed by atoms with Gasteiger partial charge in [-0.2, -0.15) is 0 Å². The average Bonchev–Trinajstić information content (AvgIpc) is 3.35. The summed E-state index contributed by atoms with van der Waals surface area (Å²) in [5.41, 5.74) is 2.36. The Hall–Kier alpha value is -4.24. The summed E-state index contributed by atoms with van der Waals surface area (Å²) < 4.78 is 26.3. The third-order valence-electron chi connectivity index (χ3n) is 5.14. The van der Waals surface area contributed by atoms with E-state index in [2.05, 4.69) is 10.3 Å². The number of hydrogen-bond acceptors (Lipinski definition) is 6. The topological polar surface area (TPSA) is 81.9 Å². The van der Waals surface area contributed by atoms with Gasteiger partial charge in [0.05, 0.1) is 22.7 Å². The molecule has 2 aromatic heterocycles. The van der Waals surface area contributed by atoms with Gasteiger partial charge in [0.15, 0.2) is 23.1 Å². The number of amides is 1. The number of rotatable bonds is 6. The number of carbonyl (C=O) groups is 1. The van der Waals surface area contributed by atoms with Crippen LogP contribution in [0.1, 0.15) is 5.56 Å². The highest BCUT2D eigenvalue weighted by molar-refractivity contribution is 7.15. The summed E-state index contributed by atoms with van der Waals surface area (Å²) in [7, 11) is 1.49. The van der Waals surface area contributed by atoms with Crippen molar-refractivity contribution in [3.05, 3.63) is 93.0 Å². The van der Waals surface area contributed by atoms with Gasteiger partial charge in [0.25, 0.3) is 11.5 Å². The zero-order valence-electron chi connectivity index (χ0n) is 17.9. The molecule has 0 aliphatic rings. The minimum atomic E-state index is -0.422. The first-order valence-electron chi connectivity index (χ1n) is 10.3. The molecule has 7 nitrogen and oxygen atoms in total. The Morgan fingerprint density at radius 3 is 2.71 bits per heavy atom. The molecule has 5 rings (SSSR count). The third-order valence-corrected chi connectivity index (χ3v) is 6.11. The van der Waals surface area contributed by atoms with Crippen molar-refractivity contribution in [3.63, 3.8) is 0 Å². The van der Waals surface area contributed by atoms with E-state index in [4.69, 9.17) is 9.47 Å². The van der Waals surface area contributed by atoms with Crippen LogP contribution in [0, 0.1) is 5.82 Å². The standard InChI is InChI=1S/C25H18FN3O4S/c1-32-20-8-4-5-15(23(20)33-14-22(30)27-17-11-9-16(26)10-12-17)13-21-24(31)29-19-7-3-2-6-18(19)28-25(29)34-21/h2-13H,14H2,1H3,(H,27,30)/b21-13-. The molecule has 1 amide bonds. The second-order valence-corrected chi connectivity index (χ2v) is 8.37. The molecular formula is C25H18FN3O4S. The van der Waals surface area contributed by atoms with Crippen molar-refractivity contribution < 1.29 is 18.7 Å². The Labute approximate surface area is 196 Å². The summed E-state index contributed by atoms with van der Waals surface area (Å²) in [6.07, 6.45) is 1.70. The number of nitrogens with zero attached hydrogens (tertiary/aromatic N) is 2. The highest BCUT2D eigenvalue weighted by Crippen LogP contribution is 2.31. The fourth-order valence-corrected chi connectivity index (χ4v) is 4.56. The molecule has 0 saturated heterocycles. The van der Waals surface area contributed by atoms with E-state index in [9.17, 15) is 14.0 Å². The van der Waals surface area contributed by atoms with Crippen LogP contribution in [0.5, 0.6) is 11.5 Å². The largest absolute Gasteiger partial charge is 0.493 e. The molecule has 0 atom stereocenters. The molecule has 0 radical (unpaired) electrons. The van der Waals surface area contributed by atoms with Crippen LogP contribution in [-0.2, 0) is 4.79 Å². The van der Waals surface area contributed by atoms with Crippen molar-refractivity contribution in [3.8, 4) is 11.5 Å². The number of ether oxygens (including phenoxy) is 2. The van der Waals surface area contributed by atoms with Gasteiger partial charge in [0.2, 0.25) is 0 Å². The number of carbonyl (C=O) groups excluding carboxylic acids is 1. The molecular weight excluding hydrogens is 457 g/mol. The molecule has 0 unspecified atom stereocenters. The molecule has 0 spiro atoms. The van der Waals surface area contributed by atoms with Gasteiger partial charge in [-0.3, -0.25) is 9.59 Å². The van der Waals surface area contributed by atoms with Crippen molar-refractivity contribution in [2.45, 2.75) is 0 Å². The monoisotopic (exact) mass is 475 g/mol. The van der Waals surface area contributed by atoms with Gasteiger partial charge in [-0.05, 0) is 48.5 Å². The fourth-order valence-electron chi connectivity index (χ4n) is 3.58. The molecule has 34 heavy (non-hydrogen) atoms. The van der Waals surface area contributed by atoms with Crippen molar-refractivity contribution >= 4 is 45.0 Å². The molecule has 9 heteroatoms. The lowest BCUT2D eigenvalue weighted by atomic mass is 10.1. The van der Waals surface area contributed by atoms with E-state index < -0.39 is 11.7 Å². The molecule has 1 N–H and O–H groups in total. The van der Waals surface area contributed by atoms with Crippen LogP contribution in [0.4, 0.5) is 10.1 Å². The van der Waals surface area contributed by atoms with Gasteiger partial charge in [-0.15, -0.1) is 0 Å². The van der Waals surface area contributed by atoms with Crippen LogP contribution in [-0.4, -0.2) is 29.0 Å². The Morgan fingerprint density at radius 1 is 1.12 bits per heavy atom. The summed E-state index contributed by atoms with van der Waals surface area (Å²) in [6.45, 7) is -0.304. The number of methoxy groups -OCH3 is 1. The molecule has 170 valence electrons. The average molecular weight is 476 g/mol. The molecule has 3 aromatic carbocycles. The first-order valence-corrected chi connectivity index (χ1v) is 11.1. The van der Waals surface area contributed by atoms with Crippen LogP contribution in [0.25, 0.3) is 22.1 Å². The Kier molecular flexibility index (Phi) is 5.69. The van der Waals surface area contributed by atoms with Crippen LogP contribution < -0.4 is 24.9 Å². The van der Waals surface area contributed by atoms with Crippen LogP contribution in [0.15, 0.2) is 71.5 Å². The van der Waals surface area contributed by atoms with Crippen LogP contribution in [0.3, 0.4) is 0 Å². The van der Waals surface area contributed by atoms with E-state index in [0.717, 1.165) is 11.0 Å². The smallest absolute Gasteiger partial charge is 0.274 e. The Bertz CT molecular complexity index is 1630. The second-order valence-electron chi connectivity index (χ2n) is 7.36. The summed E-state index contributed by atoms with van der Waals surface area (Å²) >= 11 is 1.27. The maximum absolute atomic E-state index is 13.1. The van der Waals surface area contributed by atoms with Gasteiger partial charge in [-0.25, -0.2) is 13.8 Å². The first-order chi connectivity index (χ1) is 16.5. The van der Waals surface area contributed by atoms with Gasteiger partial charge in [-0.1, -0.05) is 35.6 Å². The molecule has 0 bridgehead atoms. The third kappa shape index (κ3) is 4.08. The van der Waals surface area contributed by atoms with Gasteiger partial charge >= 0.3 is 0 Å². The Balaban J connectivity index is 1.46. The lowest BCUT2D eigenvalue weighted by molar-refractivity contribution is -0.118. The highest BCUT2D eigenvalue weighted by Gasteiger charge is 2.14. The molecule has 0 aliphatic heterocycles. The normalized spacial score (nSPS) is 11.8. The van der Waals surface area contributed by atoms with Gasteiger partial charge in [0.1, 0.15) is 5.82 Å². The summed E-state index contributed by atoms with van der Waals surface area (Å²) in [5.74, 6) is -0.0682. The minimum absolute atomic E-state index is 0.184. The lowest BCUT2D eigenvalue weighted by Gasteiger charge is -2.13. The highest BCUT2D eigenvalue weighted by atomic mass is 32.1. The first kappa shape index (κ1) is 21.6. The van der Waals surface area contributed by atoms with Crippen molar-refractivity contribution in [2.24, 2.45) is 0 Å². The van der Waals surface area contributed by atoms with Crippen molar-refractivity contribution in [1.29, 1.82) is 0 Å². The van der Waals surface area contributed by atoms with E-state index in [1.54, 1.807) is 28.7 Å². The number of anilines is 1. The van der Waals surface area contributed by atoms with E-state index >= 15 is 0 Å². The number of fused-ring (bicyclic) bond motifs is 3. The number of para-hydroxylation sites is 3. The molecule has 0 saturated carbocycles. The molecule has 0 aliphatic carbocycles. The summed E-state index contributed by atoms with van der Waals surface area (Å²) in [5, 5.41) is 2.65. The van der Waals surface area contributed by atoms with E-state index in [1.165, 1.54) is 42.7 Å². The van der Waals surface area contributed by atoms with E-state index in [-0.39, 0.29) is 12.2 Å². The number of thiazole rings is 1. The fraction of sp³-hybridized carbons (Fsp3) is 0.0800. The predicted molar refractivity (Wildman–Crippen MR) is 129 cm³/mol. The quantitative estimate of drug-likeness (QED) is 0.406. The summed E-state index contributed by atoms with van der Waals surface area (Å²) in [4.78, 5) is 30.6. The maximum atomic E-state index is 13.1. The lowest BCUT2D eigenvalue weighted by Crippen LogP contribution is -2.23. The van der Waals surface area contributed by atoms with Crippen molar-refractivity contribution in [2.75, 3.05) is 19.0 Å². The van der Waals surface area contributed by atoms with Crippen LogP contribution >= 0.6 is 11.3 Å². The molecule has 2 heterocycles. The minimum Gasteiger partial charge on any atom is -0.493 e. The van der Waals surface area contributed by atoms with Gasteiger partial charge in [0, 0.05) is 11.3 Å². The van der Waals surface area contributed by atoms with E-state index in [0.29, 0.717) is 32.2 Å². The zero-order valence-corrected chi connectivity index (χ0v) is 18.8. The van der Waals surface area contributed by atoms with Crippen molar-refractivity contribution in [1.82, 2.24) is 9.38 Å². The van der Waals surface area contributed by atoms with Gasteiger partial charge < -0.3 is 14.8 Å². The number of aromatic nitrogens is 2. The predicted octanol–water partition coefficient (Wildman–Crippen LogP) is 3.62. The number of imidazole rings is 1. The summed E-state index contributed by atoms with van der Waals surface area (Å²) in [6, 6.07) is 18.1. The van der Waals surface area contributed by atoms with E-state index in [1.807, 2.05) is 24.3 Å². The number of hydrogen-bond donors (Lipinski definition) is 1. The SMILES string of the molecule is COc1cccc(/C=c2\sc3nc4ccccc4n3c2=O)c1OCC(=O)Nc1ccc(F)cc1. The molecule has 0 fully saturated rings. The number of halogens is 1.